The Morgan fingerprint density at radius 3 is 2.40 bits per heavy atom. The summed E-state index contributed by atoms with van der Waals surface area (Å²) in [5.74, 6) is 1.42. The maximum atomic E-state index is 10.6. The Balaban J connectivity index is 3.36. The SMILES string of the molecule is COc1cc(C)c(CC=O)c(C)c1OC. The minimum Gasteiger partial charge on any atom is -0.493 e. The minimum absolute atomic E-state index is 0.415. The van der Waals surface area contributed by atoms with Crippen molar-refractivity contribution in [3.63, 3.8) is 0 Å². The molecule has 0 aromatic heterocycles. The van der Waals surface area contributed by atoms with Crippen LogP contribution < -0.4 is 9.47 Å². The van der Waals surface area contributed by atoms with Gasteiger partial charge in [-0.05, 0) is 36.6 Å². The summed E-state index contributed by atoms with van der Waals surface area (Å²) in [6.45, 7) is 3.90. The summed E-state index contributed by atoms with van der Waals surface area (Å²) in [5, 5.41) is 0. The van der Waals surface area contributed by atoms with E-state index in [2.05, 4.69) is 0 Å². The third-order valence-corrected chi connectivity index (χ3v) is 2.55. The van der Waals surface area contributed by atoms with Crippen molar-refractivity contribution in [2.24, 2.45) is 0 Å². The Morgan fingerprint density at radius 1 is 1.27 bits per heavy atom. The van der Waals surface area contributed by atoms with Crippen molar-refractivity contribution in [2.75, 3.05) is 14.2 Å². The Labute approximate surface area is 90.0 Å². The molecule has 3 heteroatoms. The lowest BCUT2D eigenvalue weighted by molar-refractivity contribution is -0.107. The second-order valence-electron chi connectivity index (χ2n) is 3.40. The molecular formula is C12H16O3. The summed E-state index contributed by atoms with van der Waals surface area (Å²) in [6, 6.07) is 1.89. The fourth-order valence-electron chi connectivity index (χ4n) is 1.77. The van der Waals surface area contributed by atoms with Gasteiger partial charge in [0.15, 0.2) is 11.5 Å². The topological polar surface area (TPSA) is 35.5 Å². The van der Waals surface area contributed by atoms with E-state index in [9.17, 15) is 4.79 Å². The normalized spacial score (nSPS) is 9.87. The average Bonchev–Trinajstić information content (AvgIpc) is 2.23. The van der Waals surface area contributed by atoms with E-state index in [-0.39, 0.29) is 0 Å². The summed E-state index contributed by atoms with van der Waals surface area (Å²) in [5.41, 5.74) is 3.04. The van der Waals surface area contributed by atoms with E-state index in [1.807, 2.05) is 19.9 Å². The van der Waals surface area contributed by atoms with Gasteiger partial charge >= 0.3 is 0 Å². The number of carbonyl (C=O) groups is 1. The molecule has 0 atom stereocenters. The lowest BCUT2D eigenvalue weighted by atomic mass is 9.99. The third-order valence-electron chi connectivity index (χ3n) is 2.55. The second-order valence-corrected chi connectivity index (χ2v) is 3.40. The van der Waals surface area contributed by atoms with Gasteiger partial charge in [-0.1, -0.05) is 0 Å². The van der Waals surface area contributed by atoms with E-state index in [1.165, 1.54) is 0 Å². The zero-order valence-electron chi connectivity index (χ0n) is 9.59. The minimum atomic E-state index is 0.415. The number of aryl methyl sites for hydroxylation is 1. The van der Waals surface area contributed by atoms with Crippen molar-refractivity contribution < 1.29 is 14.3 Å². The molecule has 0 bridgehead atoms. The smallest absolute Gasteiger partial charge is 0.163 e. The highest BCUT2D eigenvalue weighted by atomic mass is 16.5. The molecule has 82 valence electrons. The van der Waals surface area contributed by atoms with Gasteiger partial charge in [0, 0.05) is 6.42 Å². The molecule has 1 rings (SSSR count). The zero-order chi connectivity index (χ0) is 11.4. The van der Waals surface area contributed by atoms with Gasteiger partial charge in [0.1, 0.15) is 6.29 Å². The van der Waals surface area contributed by atoms with Crippen molar-refractivity contribution in [2.45, 2.75) is 20.3 Å². The number of methoxy groups -OCH3 is 2. The van der Waals surface area contributed by atoms with Gasteiger partial charge in [0.2, 0.25) is 0 Å². The molecule has 1 aromatic rings. The predicted molar refractivity (Wildman–Crippen MR) is 58.8 cm³/mol. The van der Waals surface area contributed by atoms with Gasteiger partial charge in [-0.15, -0.1) is 0 Å². The number of hydrogen-bond acceptors (Lipinski definition) is 3. The number of hydrogen-bond donors (Lipinski definition) is 0. The van der Waals surface area contributed by atoms with Crippen LogP contribution in [0.3, 0.4) is 0 Å². The highest BCUT2D eigenvalue weighted by molar-refractivity contribution is 5.62. The fourth-order valence-corrected chi connectivity index (χ4v) is 1.77. The predicted octanol–water partition coefficient (Wildman–Crippen LogP) is 2.06. The molecule has 0 saturated heterocycles. The van der Waals surface area contributed by atoms with Gasteiger partial charge in [-0.25, -0.2) is 0 Å². The van der Waals surface area contributed by atoms with Crippen molar-refractivity contribution >= 4 is 6.29 Å². The number of rotatable bonds is 4. The molecule has 0 radical (unpaired) electrons. The molecule has 0 spiro atoms. The molecule has 0 amide bonds. The van der Waals surface area contributed by atoms with Crippen LogP contribution in [0.4, 0.5) is 0 Å². The van der Waals surface area contributed by atoms with Crippen LogP contribution >= 0.6 is 0 Å². The van der Waals surface area contributed by atoms with Gasteiger partial charge < -0.3 is 14.3 Å². The molecular weight excluding hydrogens is 192 g/mol. The van der Waals surface area contributed by atoms with Crippen LogP contribution in [0.1, 0.15) is 16.7 Å². The van der Waals surface area contributed by atoms with Crippen LogP contribution in [-0.4, -0.2) is 20.5 Å². The highest BCUT2D eigenvalue weighted by Gasteiger charge is 2.13. The molecule has 0 saturated carbocycles. The first-order valence-electron chi connectivity index (χ1n) is 4.80. The Morgan fingerprint density at radius 2 is 1.93 bits per heavy atom. The lowest BCUT2D eigenvalue weighted by Gasteiger charge is -2.15. The van der Waals surface area contributed by atoms with Gasteiger partial charge in [0.05, 0.1) is 14.2 Å². The van der Waals surface area contributed by atoms with Crippen LogP contribution in [0.25, 0.3) is 0 Å². The van der Waals surface area contributed by atoms with Crippen LogP contribution in [0.15, 0.2) is 6.07 Å². The summed E-state index contributed by atoms with van der Waals surface area (Å²) in [6.07, 6.45) is 1.32. The Kier molecular flexibility index (Phi) is 3.72. The molecule has 0 aliphatic rings. The first-order valence-corrected chi connectivity index (χ1v) is 4.80. The van der Waals surface area contributed by atoms with Crippen molar-refractivity contribution in [3.05, 3.63) is 22.8 Å². The van der Waals surface area contributed by atoms with Crippen molar-refractivity contribution in [1.29, 1.82) is 0 Å². The summed E-state index contributed by atoms with van der Waals surface area (Å²) < 4.78 is 10.5. The number of ether oxygens (including phenoxy) is 2. The van der Waals surface area contributed by atoms with Crippen LogP contribution in [0.2, 0.25) is 0 Å². The lowest BCUT2D eigenvalue weighted by Crippen LogP contribution is -2.01. The highest BCUT2D eigenvalue weighted by Crippen LogP contribution is 2.35. The Hall–Kier alpha value is -1.51. The summed E-state index contributed by atoms with van der Waals surface area (Å²) in [4.78, 5) is 10.6. The van der Waals surface area contributed by atoms with Crippen molar-refractivity contribution in [3.8, 4) is 11.5 Å². The molecule has 0 N–H and O–H groups in total. The molecule has 0 unspecified atom stereocenters. The monoisotopic (exact) mass is 208 g/mol. The molecule has 0 fully saturated rings. The van der Waals surface area contributed by atoms with E-state index >= 15 is 0 Å². The first-order chi connectivity index (χ1) is 7.15. The van der Waals surface area contributed by atoms with Gasteiger partial charge in [-0.2, -0.15) is 0 Å². The van der Waals surface area contributed by atoms with Crippen LogP contribution in [0, 0.1) is 13.8 Å². The third kappa shape index (κ3) is 2.12. The van der Waals surface area contributed by atoms with Gasteiger partial charge in [0.25, 0.3) is 0 Å². The average molecular weight is 208 g/mol. The largest absolute Gasteiger partial charge is 0.493 e. The quantitative estimate of drug-likeness (QED) is 0.710. The molecule has 1 aromatic carbocycles. The van der Waals surface area contributed by atoms with E-state index in [0.717, 1.165) is 23.0 Å². The maximum Gasteiger partial charge on any atom is 0.163 e. The van der Waals surface area contributed by atoms with E-state index in [1.54, 1.807) is 14.2 Å². The number of carbonyl (C=O) groups excluding carboxylic acids is 1. The summed E-state index contributed by atoms with van der Waals surface area (Å²) >= 11 is 0. The summed E-state index contributed by atoms with van der Waals surface area (Å²) in [7, 11) is 3.21. The number of benzene rings is 1. The first kappa shape index (κ1) is 11.6. The van der Waals surface area contributed by atoms with E-state index in [0.29, 0.717) is 17.9 Å². The van der Waals surface area contributed by atoms with Gasteiger partial charge in [-0.3, -0.25) is 0 Å². The van der Waals surface area contributed by atoms with E-state index < -0.39 is 0 Å². The maximum absolute atomic E-state index is 10.6. The zero-order valence-corrected chi connectivity index (χ0v) is 9.59. The number of aldehydes is 1. The molecule has 15 heavy (non-hydrogen) atoms. The molecule has 0 aliphatic heterocycles. The molecule has 3 nitrogen and oxygen atoms in total. The standard InChI is InChI=1S/C12H16O3/c1-8-7-11(14-3)12(15-4)9(2)10(8)5-6-13/h6-7H,5H2,1-4H3. The second kappa shape index (κ2) is 4.82. The van der Waals surface area contributed by atoms with E-state index in [4.69, 9.17) is 9.47 Å². The fraction of sp³-hybridized carbons (Fsp3) is 0.417. The molecule has 0 aliphatic carbocycles. The Bertz CT molecular complexity index is 370. The van der Waals surface area contributed by atoms with Crippen molar-refractivity contribution in [1.82, 2.24) is 0 Å². The molecule has 0 heterocycles. The van der Waals surface area contributed by atoms with Crippen LogP contribution in [-0.2, 0) is 11.2 Å². The van der Waals surface area contributed by atoms with Crippen LogP contribution in [0.5, 0.6) is 11.5 Å².